The van der Waals surface area contributed by atoms with Crippen molar-refractivity contribution in [3.8, 4) is 0 Å². The van der Waals surface area contributed by atoms with Crippen LogP contribution in [-0.4, -0.2) is 11.2 Å². The van der Waals surface area contributed by atoms with Gasteiger partial charge in [0.25, 0.3) is 0 Å². The van der Waals surface area contributed by atoms with Gasteiger partial charge in [-0.2, -0.15) is 0 Å². The lowest BCUT2D eigenvalue weighted by molar-refractivity contribution is 0.108. The summed E-state index contributed by atoms with van der Waals surface area (Å²) in [5, 5.41) is 9.54. The molecule has 0 amide bonds. The summed E-state index contributed by atoms with van der Waals surface area (Å²) >= 11 is 0. The molecule has 0 aliphatic heterocycles. The van der Waals surface area contributed by atoms with Crippen molar-refractivity contribution >= 4 is 0 Å². The smallest absolute Gasteiger partial charge is 0.0540 e. The summed E-state index contributed by atoms with van der Waals surface area (Å²) in [4.78, 5) is 0. The maximum absolute atomic E-state index is 9.54. The first-order valence-corrected chi connectivity index (χ1v) is 6.81. The first-order chi connectivity index (χ1) is 8.06. The number of aryl methyl sites for hydroxylation is 3. The molecule has 0 bridgehead atoms. The maximum atomic E-state index is 9.54. The molecule has 1 aliphatic carbocycles. The average Bonchev–Trinajstić information content (AvgIpc) is 2.26. The third kappa shape index (κ3) is 3.10. The van der Waals surface area contributed by atoms with E-state index < -0.39 is 0 Å². The van der Waals surface area contributed by atoms with Gasteiger partial charge in [0, 0.05) is 0 Å². The number of rotatable bonds is 2. The Morgan fingerprint density at radius 2 is 1.53 bits per heavy atom. The van der Waals surface area contributed by atoms with Crippen LogP contribution in [0.2, 0.25) is 0 Å². The largest absolute Gasteiger partial charge is 0.393 e. The molecule has 1 heteroatoms. The molecular formula is C16H24O. The highest BCUT2D eigenvalue weighted by Crippen LogP contribution is 2.29. The van der Waals surface area contributed by atoms with Crippen molar-refractivity contribution in [1.29, 1.82) is 0 Å². The van der Waals surface area contributed by atoms with Crippen LogP contribution in [0.15, 0.2) is 12.1 Å². The van der Waals surface area contributed by atoms with Crippen molar-refractivity contribution in [1.82, 2.24) is 0 Å². The second kappa shape index (κ2) is 5.22. The standard InChI is InChI=1S/C16H24O/c1-11-8-12(2)16(13(3)9-11)10-14-4-6-15(17)7-5-14/h8-9,14-15,17H,4-7,10H2,1-3H3. The third-order valence-electron chi connectivity index (χ3n) is 4.15. The van der Waals surface area contributed by atoms with Crippen LogP contribution in [0.5, 0.6) is 0 Å². The van der Waals surface area contributed by atoms with E-state index in [2.05, 4.69) is 32.9 Å². The van der Waals surface area contributed by atoms with Crippen LogP contribution >= 0.6 is 0 Å². The van der Waals surface area contributed by atoms with Gasteiger partial charge < -0.3 is 5.11 Å². The maximum Gasteiger partial charge on any atom is 0.0540 e. The van der Waals surface area contributed by atoms with Gasteiger partial charge in [-0.05, 0) is 75.5 Å². The van der Waals surface area contributed by atoms with Crippen LogP contribution in [0, 0.1) is 26.7 Å². The fourth-order valence-electron chi connectivity index (χ4n) is 3.17. The van der Waals surface area contributed by atoms with Crippen molar-refractivity contribution in [3.05, 3.63) is 34.4 Å². The highest BCUT2D eigenvalue weighted by Gasteiger charge is 2.20. The van der Waals surface area contributed by atoms with Crippen LogP contribution in [0.1, 0.15) is 47.9 Å². The predicted molar refractivity (Wildman–Crippen MR) is 72.3 cm³/mol. The van der Waals surface area contributed by atoms with Crippen molar-refractivity contribution in [3.63, 3.8) is 0 Å². The lowest BCUT2D eigenvalue weighted by atomic mass is 9.81. The summed E-state index contributed by atoms with van der Waals surface area (Å²) in [6.07, 6.45) is 5.53. The quantitative estimate of drug-likeness (QED) is 0.824. The van der Waals surface area contributed by atoms with E-state index in [1.165, 1.54) is 41.5 Å². The zero-order valence-electron chi connectivity index (χ0n) is 11.3. The minimum absolute atomic E-state index is 0.0357. The number of hydrogen-bond donors (Lipinski definition) is 1. The van der Waals surface area contributed by atoms with Crippen LogP contribution in [0.25, 0.3) is 0 Å². The molecule has 1 aromatic rings. The molecular weight excluding hydrogens is 208 g/mol. The molecule has 0 radical (unpaired) electrons. The molecule has 94 valence electrons. The number of aliphatic hydroxyl groups is 1. The Bertz CT molecular complexity index is 364. The highest BCUT2D eigenvalue weighted by molar-refractivity contribution is 5.37. The molecule has 0 saturated heterocycles. The van der Waals surface area contributed by atoms with Crippen LogP contribution in [-0.2, 0) is 6.42 Å². The van der Waals surface area contributed by atoms with Gasteiger partial charge in [0.2, 0.25) is 0 Å². The molecule has 1 fully saturated rings. The molecule has 1 nitrogen and oxygen atoms in total. The SMILES string of the molecule is Cc1cc(C)c(CC2CCC(O)CC2)c(C)c1. The summed E-state index contributed by atoms with van der Waals surface area (Å²) in [5.41, 5.74) is 5.78. The van der Waals surface area contributed by atoms with Crippen molar-refractivity contribution in [2.24, 2.45) is 5.92 Å². The summed E-state index contributed by atoms with van der Waals surface area (Å²) in [6, 6.07) is 4.58. The Morgan fingerprint density at radius 3 is 2.06 bits per heavy atom. The minimum Gasteiger partial charge on any atom is -0.393 e. The fourth-order valence-corrected chi connectivity index (χ4v) is 3.17. The summed E-state index contributed by atoms with van der Waals surface area (Å²) < 4.78 is 0. The molecule has 1 aromatic carbocycles. The third-order valence-corrected chi connectivity index (χ3v) is 4.15. The molecule has 17 heavy (non-hydrogen) atoms. The van der Waals surface area contributed by atoms with Crippen molar-refractivity contribution < 1.29 is 5.11 Å². The normalized spacial score (nSPS) is 24.9. The summed E-state index contributed by atoms with van der Waals surface area (Å²) in [7, 11) is 0. The lowest BCUT2D eigenvalue weighted by Gasteiger charge is -2.26. The van der Waals surface area contributed by atoms with Gasteiger partial charge in [0.05, 0.1) is 6.10 Å². The van der Waals surface area contributed by atoms with Gasteiger partial charge in [-0.25, -0.2) is 0 Å². The van der Waals surface area contributed by atoms with E-state index in [0.29, 0.717) is 0 Å². The molecule has 1 saturated carbocycles. The molecule has 0 unspecified atom stereocenters. The van der Waals surface area contributed by atoms with Crippen LogP contribution in [0.4, 0.5) is 0 Å². The van der Waals surface area contributed by atoms with E-state index in [0.717, 1.165) is 18.8 Å². The lowest BCUT2D eigenvalue weighted by Crippen LogP contribution is -2.20. The summed E-state index contributed by atoms with van der Waals surface area (Å²) in [5.74, 6) is 0.776. The molecule has 0 heterocycles. The highest BCUT2D eigenvalue weighted by atomic mass is 16.3. The topological polar surface area (TPSA) is 20.2 Å². The van der Waals surface area contributed by atoms with E-state index in [9.17, 15) is 5.11 Å². The molecule has 0 atom stereocenters. The van der Waals surface area contributed by atoms with Gasteiger partial charge in [0.15, 0.2) is 0 Å². The minimum atomic E-state index is -0.0357. The van der Waals surface area contributed by atoms with Gasteiger partial charge in [0.1, 0.15) is 0 Å². The van der Waals surface area contributed by atoms with E-state index in [4.69, 9.17) is 0 Å². The Morgan fingerprint density at radius 1 is 1.00 bits per heavy atom. The second-order valence-electron chi connectivity index (χ2n) is 5.76. The Labute approximate surface area is 105 Å². The number of aliphatic hydroxyl groups excluding tert-OH is 1. The van der Waals surface area contributed by atoms with Crippen LogP contribution in [0.3, 0.4) is 0 Å². The van der Waals surface area contributed by atoms with Crippen molar-refractivity contribution in [2.45, 2.75) is 59.0 Å². The Kier molecular flexibility index (Phi) is 3.88. The van der Waals surface area contributed by atoms with E-state index >= 15 is 0 Å². The van der Waals surface area contributed by atoms with E-state index in [-0.39, 0.29) is 6.10 Å². The molecule has 1 N–H and O–H groups in total. The van der Waals surface area contributed by atoms with Gasteiger partial charge >= 0.3 is 0 Å². The number of benzene rings is 1. The van der Waals surface area contributed by atoms with Gasteiger partial charge in [-0.15, -0.1) is 0 Å². The first-order valence-electron chi connectivity index (χ1n) is 6.81. The summed E-state index contributed by atoms with van der Waals surface area (Å²) in [6.45, 7) is 6.63. The fraction of sp³-hybridized carbons (Fsp3) is 0.625. The number of hydrogen-bond acceptors (Lipinski definition) is 1. The average molecular weight is 232 g/mol. The molecule has 0 aromatic heterocycles. The zero-order chi connectivity index (χ0) is 12.4. The van der Waals surface area contributed by atoms with E-state index in [1.54, 1.807) is 0 Å². The van der Waals surface area contributed by atoms with Gasteiger partial charge in [-0.1, -0.05) is 17.7 Å². The first kappa shape index (κ1) is 12.6. The van der Waals surface area contributed by atoms with E-state index in [1.807, 2.05) is 0 Å². The monoisotopic (exact) mass is 232 g/mol. The van der Waals surface area contributed by atoms with Crippen LogP contribution < -0.4 is 0 Å². The molecule has 0 spiro atoms. The molecule has 1 aliphatic rings. The molecule has 2 rings (SSSR count). The predicted octanol–water partition coefficient (Wildman–Crippen LogP) is 3.71. The second-order valence-corrected chi connectivity index (χ2v) is 5.76. The van der Waals surface area contributed by atoms with Gasteiger partial charge in [-0.3, -0.25) is 0 Å². The van der Waals surface area contributed by atoms with Crippen molar-refractivity contribution in [2.75, 3.05) is 0 Å². The Hall–Kier alpha value is -0.820. The zero-order valence-corrected chi connectivity index (χ0v) is 11.3. The Balaban J connectivity index is 2.08.